The lowest BCUT2D eigenvalue weighted by molar-refractivity contribution is 0.0640. The lowest BCUT2D eigenvalue weighted by Crippen LogP contribution is -2.35. The number of amides is 2. The number of rotatable bonds is 3. The van der Waals surface area contributed by atoms with E-state index in [-0.39, 0.29) is 17.7 Å². The first-order chi connectivity index (χ1) is 14.1. The number of carbonyl (C=O) groups is 2. The van der Waals surface area contributed by atoms with Crippen LogP contribution in [-0.2, 0) is 6.42 Å². The fraction of sp³-hybridized carbons (Fsp3) is 0.240. The predicted molar refractivity (Wildman–Crippen MR) is 112 cm³/mol. The van der Waals surface area contributed by atoms with Crippen molar-refractivity contribution in [1.82, 2.24) is 9.88 Å². The van der Waals surface area contributed by atoms with Crippen LogP contribution < -0.4 is 0 Å². The van der Waals surface area contributed by atoms with Crippen molar-refractivity contribution < 1.29 is 9.59 Å². The molecule has 144 valence electrons. The Morgan fingerprint density at radius 2 is 1.62 bits per heavy atom. The van der Waals surface area contributed by atoms with Gasteiger partial charge in [0.15, 0.2) is 0 Å². The highest BCUT2D eigenvalue weighted by molar-refractivity contribution is 6.21. The van der Waals surface area contributed by atoms with Gasteiger partial charge in [-0.1, -0.05) is 42.0 Å². The number of benzene rings is 2. The highest BCUT2D eigenvalue weighted by atomic mass is 16.2. The summed E-state index contributed by atoms with van der Waals surface area (Å²) in [5, 5.41) is 0. The second-order valence-corrected chi connectivity index (χ2v) is 7.94. The van der Waals surface area contributed by atoms with Crippen LogP contribution >= 0.6 is 0 Å². The van der Waals surface area contributed by atoms with E-state index in [1.165, 1.54) is 27.2 Å². The lowest BCUT2D eigenvalue weighted by Gasteiger charge is -2.29. The molecule has 0 N–H and O–H groups in total. The Bertz CT molecular complexity index is 1080. The number of fused-ring (bicyclic) bond motifs is 2. The molecule has 29 heavy (non-hydrogen) atoms. The van der Waals surface area contributed by atoms with Crippen molar-refractivity contribution in [1.29, 1.82) is 0 Å². The van der Waals surface area contributed by atoms with Gasteiger partial charge in [-0.2, -0.15) is 0 Å². The SMILES string of the molecule is Cc1ccc(-c2ccnc3c2CCC[C@@H]3CN2C(=O)c3ccccc3C2=O)cc1. The molecule has 0 fully saturated rings. The number of pyridine rings is 1. The first-order valence-electron chi connectivity index (χ1n) is 10.1. The summed E-state index contributed by atoms with van der Waals surface area (Å²) in [7, 11) is 0. The van der Waals surface area contributed by atoms with Gasteiger partial charge in [-0.05, 0) is 61.1 Å². The molecule has 0 bridgehead atoms. The molecule has 2 amide bonds. The molecule has 1 aliphatic carbocycles. The molecule has 5 rings (SSSR count). The van der Waals surface area contributed by atoms with Gasteiger partial charge in [0, 0.05) is 24.4 Å². The van der Waals surface area contributed by atoms with Crippen molar-refractivity contribution >= 4 is 11.8 Å². The van der Waals surface area contributed by atoms with E-state index in [1.807, 2.05) is 6.20 Å². The molecule has 2 aliphatic rings. The molecule has 3 aromatic rings. The van der Waals surface area contributed by atoms with Gasteiger partial charge < -0.3 is 0 Å². The van der Waals surface area contributed by atoms with Gasteiger partial charge in [-0.15, -0.1) is 0 Å². The van der Waals surface area contributed by atoms with Crippen molar-refractivity contribution in [2.45, 2.75) is 32.1 Å². The third-order valence-electron chi connectivity index (χ3n) is 6.10. The summed E-state index contributed by atoms with van der Waals surface area (Å²) >= 11 is 0. The van der Waals surface area contributed by atoms with Crippen LogP contribution in [0.4, 0.5) is 0 Å². The summed E-state index contributed by atoms with van der Waals surface area (Å²) in [5.41, 5.74) is 6.94. The number of aryl methyl sites for hydroxylation is 1. The quantitative estimate of drug-likeness (QED) is 0.613. The molecule has 1 atom stereocenters. The van der Waals surface area contributed by atoms with Crippen molar-refractivity contribution in [2.24, 2.45) is 0 Å². The molecule has 0 spiro atoms. The van der Waals surface area contributed by atoms with Gasteiger partial charge >= 0.3 is 0 Å². The van der Waals surface area contributed by atoms with Crippen LogP contribution in [0.15, 0.2) is 60.8 Å². The van der Waals surface area contributed by atoms with Crippen molar-refractivity contribution in [3.05, 3.63) is 88.7 Å². The molecule has 2 heterocycles. The van der Waals surface area contributed by atoms with Crippen molar-refractivity contribution in [2.75, 3.05) is 6.54 Å². The summed E-state index contributed by atoms with van der Waals surface area (Å²) in [6.45, 7) is 2.48. The minimum absolute atomic E-state index is 0.0753. The average Bonchev–Trinajstić information content (AvgIpc) is 2.99. The van der Waals surface area contributed by atoms with E-state index in [0.29, 0.717) is 17.7 Å². The number of imide groups is 1. The Kier molecular flexibility index (Phi) is 4.27. The second-order valence-electron chi connectivity index (χ2n) is 7.94. The van der Waals surface area contributed by atoms with Crippen LogP contribution in [0, 0.1) is 6.92 Å². The topological polar surface area (TPSA) is 50.3 Å². The van der Waals surface area contributed by atoms with E-state index < -0.39 is 0 Å². The monoisotopic (exact) mass is 382 g/mol. The Hall–Kier alpha value is -3.27. The van der Waals surface area contributed by atoms with E-state index in [9.17, 15) is 9.59 Å². The normalized spacial score (nSPS) is 18.0. The van der Waals surface area contributed by atoms with Crippen LogP contribution in [0.3, 0.4) is 0 Å². The van der Waals surface area contributed by atoms with Gasteiger partial charge in [-0.25, -0.2) is 0 Å². The van der Waals surface area contributed by atoms with Crippen molar-refractivity contribution in [3.8, 4) is 11.1 Å². The van der Waals surface area contributed by atoms with Gasteiger partial charge in [-0.3, -0.25) is 19.5 Å². The predicted octanol–water partition coefficient (Wildman–Crippen LogP) is 4.77. The zero-order chi connectivity index (χ0) is 20.0. The molecular formula is C25H22N2O2. The van der Waals surface area contributed by atoms with Gasteiger partial charge in [0.25, 0.3) is 11.8 Å². The second kappa shape index (κ2) is 6.96. The van der Waals surface area contributed by atoms with Crippen LogP contribution in [0.2, 0.25) is 0 Å². The fourth-order valence-electron chi connectivity index (χ4n) is 4.59. The van der Waals surface area contributed by atoms with Crippen LogP contribution in [0.5, 0.6) is 0 Å². The van der Waals surface area contributed by atoms with E-state index in [0.717, 1.165) is 25.0 Å². The lowest BCUT2D eigenvalue weighted by atomic mass is 9.82. The molecule has 4 heteroatoms. The molecule has 0 saturated carbocycles. The Balaban J connectivity index is 1.48. The van der Waals surface area contributed by atoms with Crippen molar-refractivity contribution in [3.63, 3.8) is 0 Å². The third-order valence-corrected chi connectivity index (χ3v) is 6.10. The Labute approximate surface area is 170 Å². The van der Waals surface area contributed by atoms with E-state index in [4.69, 9.17) is 4.98 Å². The standard InChI is InChI=1S/C25H22N2O2/c1-16-9-11-17(12-10-16)19-13-14-26-23-18(5-4-8-20(19)23)15-27-24(28)21-6-2-3-7-22(21)25(27)29/h2-3,6-7,9-14,18H,4-5,8,15H2,1H3/t18-/m1/s1. The summed E-state index contributed by atoms with van der Waals surface area (Å²) in [6, 6.07) is 17.7. The third kappa shape index (κ3) is 2.96. The first kappa shape index (κ1) is 17.8. The number of nitrogens with zero attached hydrogens (tertiary/aromatic N) is 2. The summed E-state index contributed by atoms with van der Waals surface area (Å²) in [6.07, 6.45) is 4.80. The van der Waals surface area contributed by atoms with E-state index in [2.05, 4.69) is 37.3 Å². The van der Waals surface area contributed by atoms with Crippen LogP contribution in [-0.4, -0.2) is 28.2 Å². The smallest absolute Gasteiger partial charge is 0.261 e. The summed E-state index contributed by atoms with van der Waals surface area (Å²) < 4.78 is 0. The summed E-state index contributed by atoms with van der Waals surface area (Å²) in [4.78, 5) is 31.7. The highest BCUT2D eigenvalue weighted by Crippen LogP contribution is 2.37. The maximum absolute atomic E-state index is 12.8. The number of hydrogen-bond donors (Lipinski definition) is 0. The van der Waals surface area contributed by atoms with Gasteiger partial charge in [0.2, 0.25) is 0 Å². The maximum Gasteiger partial charge on any atom is 0.261 e. The zero-order valence-electron chi connectivity index (χ0n) is 16.4. The maximum atomic E-state index is 12.8. The minimum Gasteiger partial charge on any atom is -0.274 e. The Morgan fingerprint density at radius 3 is 2.31 bits per heavy atom. The molecule has 0 unspecified atom stereocenters. The van der Waals surface area contributed by atoms with E-state index in [1.54, 1.807) is 24.3 Å². The fourth-order valence-corrected chi connectivity index (χ4v) is 4.59. The average molecular weight is 382 g/mol. The number of hydrogen-bond acceptors (Lipinski definition) is 3. The molecule has 1 aliphatic heterocycles. The van der Waals surface area contributed by atoms with Crippen LogP contribution in [0.25, 0.3) is 11.1 Å². The molecule has 0 saturated heterocycles. The molecule has 2 aromatic carbocycles. The molecule has 4 nitrogen and oxygen atoms in total. The zero-order valence-corrected chi connectivity index (χ0v) is 16.4. The number of aromatic nitrogens is 1. The molecular weight excluding hydrogens is 360 g/mol. The van der Waals surface area contributed by atoms with Gasteiger partial charge in [0.05, 0.1) is 11.1 Å². The number of carbonyl (C=O) groups excluding carboxylic acids is 2. The first-order valence-corrected chi connectivity index (χ1v) is 10.1. The summed E-state index contributed by atoms with van der Waals surface area (Å²) in [5.74, 6) is -0.300. The highest BCUT2D eigenvalue weighted by Gasteiger charge is 2.37. The van der Waals surface area contributed by atoms with Crippen LogP contribution in [0.1, 0.15) is 56.3 Å². The Morgan fingerprint density at radius 1 is 0.931 bits per heavy atom. The molecule has 0 radical (unpaired) electrons. The van der Waals surface area contributed by atoms with E-state index >= 15 is 0 Å². The minimum atomic E-state index is -0.188. The van der Waals surface area contributed by atoms with Gasteiger partial charge in [0.1, 0.15) is 0 Å². The molecule has 1 aromatic heterocycles. The largest absolute Gasteiger partial charge is 0.274 e.